The first-order valence-electron chi connectivity index (χ1n) is 6.81. The Kier molecular flexibility index (Phi) is 7.33. The zero-order valence-electron chi connectivity index (χ0n) is 11.8. The Balaban J connectivity index is 2.39. The monoisotopic (exact) mass is 258 g/mol. The highest BCUT2D eigenvalue weighted by atomic mass is 16.5. The predicted octanol–water partition coefficient (Wildman–Crippen LogP) is 4.38. The minimum Gasteiger partial charge on any atom is -0.462 e. The molecule has 0 heterocycles. The van der Waals surface area contributed by atoms with E-state index in [1.807, 2.05) is 42.5 Å². The number of ether oxygens (including phenoxy) is 1. The van der Waals surface area contributed by atoms with Gasteiger partial charge in [-0.2, -0.15) is 0 Å². The minimum atomic E-state index is -0.228. The van der Waals surface area contributed by atoms with Crippen molar-refractivity contribution in [2.24, 2.45) is 0 Å². The average Bonchev–Trinajstić information content (AvgIpc) is 2.44. The van der Waals surface area contributed by atoms with Crippen LogP contribution in [0.25, 0.3) is 6.08 Å². The van der Waals surface area contributed by atoms with E-state index in [1.54, 1.807) is 13.0 Å². The zero-order valence-corrected chi connectivity index (χ0v) is 11.8. The van der Waals surface area contributed by atoms with Gasteiger partial charge in [-0.3, -0.25) is 0 Å². The molecule has 0 unspecified atom stereocenters. The molecule has 0 amide bonds. The maximum atomic E-state index is 11.6. The van der Waals surface area contributed by atoms with Crippen molar-refractivity contribution in [2.75, 3.05) is 6.61 Å². The SMILES string of the molecule is CCCCCOC(=O)C(C)=CC=Cc1ccccc1. The van der Waals surface area contributed by atoms with Crippen molar-refractivity contribution >= 4 is 12.0 Å². The molecular weight excluding hydrogens is 236 g/mol. The summed E-state index contributed by atoms with van der Waals surface area (Å²) in [5.41, 5.74) is 1.74. The fraction of sp³-hybridized carbons (Fsp3) is 0.353. The van der Waals surface area contributed by atoms with Gasteiger partial charge in [0, 0.05) is 5.57 Å². The second kappa shape index (κ2) is 9.15. The van der Waals surface area contributed by atoms with Crippen molar-refractivity contribution in [3.05, 3.63) is 53.6 Å². The molecule has 0 saturated carbocycles. The molecule has 0 aromatic heterocycles. The van der Waals surface area contributed by atoms with Crippen molar-refractivity contribution < 1.29 is 9.53 Å². The normalized spacial score (nSPS) is 11.8. The molecule has 1 aromatic rings. The van der Waals surface area contributed by atoms with Gasteiger partial charge in [0.15, 0.2) is 0 Å². The third-order valence-electron chi connectivity index (χ3n) is 2.74. The quantitative estimate of drug-likeness (QED) is 0.314. The Morgan fingerprint density at radius 3 is 2.63 bits per heavy atom. The molecule has 0 fully saturated rings. The molecule has 102 valence electrons. The summed E-state index contributed by atoms with van der Waals surface area (Å²) in [7, 11) is 0. The molecule has 2 nitrogen and oxygen atoms in total. The van der Waals surface area contributed by atoms with E-state index in [2.05, 4.69) is 6.92 Å². The van der Waals surface area contributed by atoms with E-state index in [4.69, 9.17) is 4.74 Å². The minimum absolute atomic E-state index is 0.228. The summed E-state index contributed by atoms with van der Waals surface area (Å²) in [6.45, 7) is 4.42. The van der Waals surface area contributed by atoms with Crippen LogP contribution in [0, 0.1) is 0 Å². The molecular formula is C17H22O2. The molecule has 0 spiro atoms. The topological polar surface area (TPSA) is 26.3 Å². The Labute approximate surface area is 115 Å². The van der Waals surface area contributed by atoms with Crippen LogP contribution in [0.15, 0.2) is 48.1 Å². The molecule has 0 N–H and O–H groups in total. The summed E-state index contributed by atoms with van der Waals surface area (Å²) in [5, 5.41) is 0. The maximum absolute atomic E-state index is 11.6. The van der Waals surface area contributed by atoms with E-state index < -0.39 is 0 Å². The maximum Gasteiger partial charge on any atom is 0.333 e. The Bertz CT molecular complexity index is 430. The van der Waals surface area contributed by atoms with Crippen molar-refractivity contribution in [3.63, 3.8) is 0 Å². The lowest BCUT2D eigenvalue weighted by molar-refractivity contribution is -0.139. The average molecular weight is 258 g/mol. The van der Waals surface area contributed by atoms with Crippen LogP contribution < -0.4 is 0 Å². The Morgan fingerprint density at radius 2 is 1.95 bits per heavy atom. The molecule has 19 heavy (non-hydrogen) atoms. The van der Waals surface area contributed by atoms with Gasteiger partial charge in [0.2, 0.25) is 0 Å². The third-order valence-corrected chi connectivity index (χ3v) is 2.74. The summed E-state index contributed by atoms with van der Waals surface area (Å²) < 4.78 is 5.17. The molecule has 0 bridgehead atoms. The first kappa shape index (κ1) is 15.2. The molecule has 0 atom stereocenters. The summed E-state index contributed by atoms with van der Waals surface area (Å²) >= 11 is 0. The van der Waals surface area contributed by atoms with Crippen LogP contribution in [-0.2, 0) is 9.53 Å². The van der Waals surface area contributed by atoms with Gasteiger partial charge < -0.3 is 4.74 Å². The van der Waals surface area contributed by atoms with Gasteiger partial charge >= 0.3 is 5.97 Å². The van der Waals surface area contributed by atoms with E-state index in [0.29, 0.717) is 12.2 Å². The van der Waals surface area contributed by atoms with Gasteiger partial charge in [-0.05, 0) is 18.9 Å². The number of carbonyl (C=O) groups excluding carboxylic acids is 1. The largest absolute Gasteiger partial charge is 0.462 e. The smallest absolute Gasteiger partial charge is 0.333 e. The lowest BCUT2D eigenvalue weighted by Gasteiger charge is -2.03. The predicted molar refractivity (Wildman–Crippen MR) is 79.7 cm³/mol. The van der Waals surface area contributed by atoms with Crippen LogP contribution in [0.2, 0.25) is 0 Å². The molecule has 0 aliphatic rings. The number of allylic oxidation sites excluding steroid dienone is 2. The highest BCUT2D eigenvalue weighted by Gasteiger charge is 2.03. The second-order valence-corrected chi connectivity index (χ2v) is 4.46. The van der Waals surface area contributed by atoms with Gasteiger partial charge in [0.25, 0.3) is 0 Å². The molecule has 1 aromatic carbocycles. The van der Waals surface area contributed by atoms with Crippen molar-refractivity contribution in [2.45, 2.75) is 33.1 Å². The van der Waals surface area contributed by atoms with Crippen LogP contribution in [-0.4, -0.2) is 12.6 Å². The summed E-state index contributed by atoms with van der Waals surface area (Å²) in [6, 6.07) is 9.98. The fourth-order valence-electron chi connectivity index (χ4n) is 1.57. The molecule has 0 aliphatic heterocycles. The number of esters is 1. The highest BCUT2D eigenvalue weighted by molar-refractivity contribution is 5.88. The summed E-state index contributed by atoms with van der Waals surface area (Å²) in [4.78, 5) is 11.6. The standard InChI is InChI=1S/C17H22O2/c1-3-4-8-14-19-17(18)15(2)10-9-13-16-11-6-5-7-12-16/h5-7,9-13H,3-4,8,14H2,1-2H3. The molecule has 1 rings (SSSR count). The van der Waals surface area contributed by atoms with Gasteiger partial charge in [-0.15, -0.1) is 0 Å². The van der Waals surface area contributed by atoms with Gasteiger partial charge in [-0.1, -0.05) is 68.3 Å². The molecule has 0 aliphatic carbocycles. The number of hydrogen-bond donors (Lipinski definition) is 0. The van der Waals surface area contributed by atoms with E-state index >= 15 is 0 Å². The van der Waals surface area contributed by atoms with E-state index in [-0.39, 0.29) is 5.97 Å². The van der Waals surface area contributed by atoms with Crippen LogP contribution in [0.4, 0.5) is 0 Å². The van der Waals surface area contributed by atoms with E-state index in [0.717, 1.165) is 24.8 Å². The molecule has 0 radical (unpaired) electrons. The van der Waals surface area contributed by atoms with Gasteiger partial charge in [-0.25, -0.2) is 4.79 Å². The van der Waals surface area contributed by atoms with Crippen molar-refractivity contribution in [1.82, 2.24) is 0 Å². The lowest BCUT2D eigenvalue weighted by atomic mass is 10.2. The fourth-order valence-corrected chi connectivity index (χ4v) is 1.57. The zero-order chi connectivity index (χ0) is 13.9. The Morgan fingerprint density at radius 1 is 1.21 bits per heavy atom. The number of carbonyl (C=O) groups is 1. The van der Waals surface area contributed by atoms with Gasteiger partial charge in [0.05, 0.1) is 6.61 Å². The first-order valence-corrected chi connectivity index (χ1v) is 6.81. The van der Waals surface area contributed by atoms with Crippen molar-refractivity contribution in [1.29, 1.82) is 0 Å². The number of hydrogen-bond acceptors (Lipinski definition) is 2. The number of rotatable bonds is 7. The van der Waals surface area contributed by atoms with Gasteiger partial charge in [0.1, 0.15) is 0 Å². The highest BCUT2D eigenvalue weighted by Crippen LogP contribution is 2.04. The Hall–Kier alpha value is -1.83. The first-order chi connectivity index (χ1) is 9.24. The van der Waals surface area contributed by atoms with E-state index in [9.17, 15) is 4.79 Å². The lowest BCUT2D eigenvalue weighted by Crippen LogP contribution is -2.06. The summed E-state index contributed by atoms with van der Waals surface area (Å²) in [5.74, 6) is -0.228. The van der Waals surface area contributed by atoms with Crippen LogP contribution in [0.5, 0.6) is 0 Å². The van der Waals surface area contributed by atoms with Crippen LogP contribution in [0.3, 0.4) is 0 Å². The third kappa shape index (κ3) is 6.61. The summed E-state index contributed by atoms with van der Waals surface area (Å²) in [6.07, 6.45) is 8.80. The van der Waals surface area contributed by atoms with Crippen LogP contribution >= 0.6 is 0 Å². The van der Waals surface area contributed by atoms with Crippen molar-refractivity contribution in [3.8, 4) is 0 Å². The van der Waals surface area contributed by atoms with E-state index in [1.165, 1.54) is 0 Å². The molecule has 0 saturated heterocycles. The second-order valence-electron chi connectivity index (χ2n) is 4.46. The van der Waals surface area contributed by atoms with Crippen LogP contribution in [0.1, 0.15) is 38.7 Å². The number of unbranched alkanes of at least 4 members (excludes halogenated alkanes) is 2. The number of benzene rings is 1. The molecule has 2 heteroatoms.